The summed E-state index contributed by atoms with van der Waals surface area (Å²) in [6.45, 7) is 0.346. The summed E-state index contributed by atoms with van der Waals surface area (Å²) in [5.74, 6) is -0.723. The molecule has 2 heterocycles. The maximum atomic E-state index is 12.8. The van der Waals surface area contributed by atoms with Crippen LogP contribution in [0.15, 0.2) is 58.9 Å². The van der Waals surface area contributed by atoms with Crippen molar-refractivity contribution in [1.82, 2.24) is 5.01 Å². The minimum absolute atomic E-state index is 0.343. The van der Waals surface area contributed by atoms with Gasteiger partial charge in [-0.1, -0.05) is 40.6 Å². The molecule has 1 fully saturated rings. The second kappa shape index (κ2) is 6.13. The number of imide groups is 1. The van der Waals surface area contributed by atoms with Crippen LogP contribution in [0, 0.1) is 0 Å². The number of anilines is 1. The molecule has 0 radical (unpaired) electrons. The zero-order chi connectivity index (χ0) is 17.6. The van der Waals surface area contributed by atoms with E-state index < -0.39 is 12.1 Å². The first-order valence-electron chi connectivity index (χ1n) is 7.60. The van der Waals surface area contributed by atoms with Crippen LogP contribution in [-0.2, 0) is 16.1 Å². The van der Waals surface area contributed by atoms with Gasteiger partial charge in [0.15, 0.2) is 12.1 Å². The van der Waals surface area contributed by atoms with Crippen LogP contribution in [0.5, 0.6) is 0 Å². The molecular formula is C17H12Cl2N4O2. The Balaban J connectivity index is 1.60. The van der Waals surface area contributed by atoms with Crippen molar-refractivity contribution in [1.29, 1.82) is 0 Å². The van der Waals surface area contributed by atoms with Gasteiger partial charge in [0, 0.05) is 10.0 Å². The highest BCUT2D eigenvalue weighted by Gasteiger charge is 2.54. The second-order valence-corrected chi connectivity index (χ2v) is 6.68. The standard InChI is InChI=1S/C17H12Cl2N4O2/c18-11-4-6-13(7-5-11)23-16(24)14-15(17(23)25)22(21-20-14)9-10-2-1-3-12(19)8-10/h1-8,14-15H,9H2. The van der Waals surface area contributed by atoms with Crippen molar-refractivity contribution in [2.24, 2.45) is 10.3 Å². The van der Waals surface area contributed by atoms with Crippen molar-refractivity contribution in [2.45, 2.75) is 18.6 Å². The van der Waals surface area contributed by atoms with E-state index in [1.807, 2.05) is 12.1 Å². The number of amides is 2. The van der Waals surface area contributed by atoms with Crippen LogP contribution < -0.4 is 4.90 Å². The van der Waals surface area contributed by atoms with E-state index in [2.05, 4.69) is 10.3 Å². The van der Waals surface area contributed by atoms with Crippen molar-refractivity contribution >= 4 is 40.7 Å². The maximum Gasteiger partial charge on any atom is 0.263 e. The first-order valence-corrected chi connectivity index (χ1v) is 8.35. The molecule has 0 aromatic heterocycles. The Morgan fingerprint density at radius 1 is 0.960 bits per heavy atom. The first-order chi connectivity index (χ1) is 12.0. The SMILES string of the molecule is O=C1C2N=NN(Cc3cccc(Cl)c3)C2C(=O)N1c1ccc(Cl)cc1. The highest BCUT2D eigenvalue weighted by molar-refractivity contribution is 6.31. The fourth-order valence-electron chi connectivity index (χ4n) is 3.02. The molecule has 1 saturated heterocycles. The van der Waals surface area contributed by atoms with Crippen molar-refractivity contribution < 1.29 is 9.59 Å². The minimum atomic E-state index is -0.817. The van der Waals surface area contributed by atoms with Gasteiger partial charge in [-0.05, 0) is 42.0 Å². The average Bonchev–Trinajstić information content (AvgIpc) is 3.10. The fourth-order valence-corrected chi connectivity index (χ4v) is 3.36. The molecule has 0 saturated carbocycles. The van der Waals surface area contributed by atoms with Gasteiger partial charge in [-0.3, -0.25) is 14.6 Å². The van der Waals surface area contributed by atoms with Crippen molar-refractivity contribution in [3.05, 3.63) is 64.1 Å². The van der Waals surface area contributed by atoms with E-state index in [9.17, 15) is 9.59 Å². The second-order valence-electron chi connectivity index (χ2n) is 5.81. The molecule has 6 nitrogen and oxygen atoms in total. The summed E-state index contributed by atoms with van der Waals surface area (Å²) in [5.41, 5.74) is 1.36. The molecule has 4 rings (SSSR count). The van der Waals surface area contributed by atoms with E-state index in [-0.39, 0.29) is 11.8 Å². The Morgan fingerprint density at radius 2 is 1.72 bits per heavy atom. The number of nitrogens with zero attached hydrogens (tertiary/aromatic N) is 4. The summed E-state index contributed by atoms with van der Waals surface area (Å²) in [4.78, 5) is 26.6. The van der Waals surface area contributed by atoms with Crippen molar-refractivity contribution in [3.63, 3.8) is 0 Å². The van der Waals surface area contributed by atoms with Gasteiger partial charge in [0.25, 0.3) is 11.8 Å². The Morgan fingerprint density at radius 3 is 2.44 bits per heavy atom. The molecule has 0 bridgehead atoms. The maximum absolute atomic E-state index is 12.8. The molecule has 25 heavy (non-hydrogen) atoms. The monoisotopic (exact) mass is 374 g/mol. The number of benzene rings is 2. The Kier molecular flexibility index (Phi) is 3.94. The number of hydrogen-bond donors (Lipinski definition) is 0. The third kappa shape index (κ3) is 2.77. The molecule has 2 atom stereocenters. The Bertz CT molecular complexity index is 884. The van der Waals surface area contributed by atoms with Crippen molar-refractivity contribution in [2.75, 3.05) is 4.90 Å². The lowest BCUT2D eigenvalue weighted by Gasteiger charge is -2.20. The molecule has 126 valence electrons. The Hall–Kier alpha value is -2.44. The number of rotatable bonds is 3. The molecule has 2 aromatic carbocycles. The lowest BCUT2D eigenvalue weighted by molar-refractivity contribution is -0.123. The topological polar surface area (TPSA) is 65.3 Å². The molecule has 2 aliphatic rings. The van der Waals surface area contributed by atoms with Crippen LogP contribution in [0.3, 0.4) is 0 Å². The summed E-state index contributed by atoms with van der Waals surface area (Å²) in [5, 5.41) is 10.7. The molecule has 8 heteroatoms. The number of carbonyl (C=O) groups excluding carboxylic acids is 2. The quantitative estimate of drug-likeness (QED) is 0.772. The average molecular weight is 375 g/mol. The van der Waals surface area contributed by atoms with Gasteiger partial charge in [0.2, 0.25) is 0 Å². The van der Waals surface area contributed by atoms with E-state index in [1.54, 1.807) is 36.4 Å². The predicted molar refractivity (Wildman–Crippen MR) is 93.4 cm³/mol. The van der Waals surface area contributed by atoms with Gasteiger partial charge in [-0.2, -0.15) is 5.11 Å². The van der Waals surface area contributed by atoms with Crippen LogP contribution in [0.25, 0.3) is 0 Å². The molecule has 2 amide bonds. The first kappa shape index (κ1) is 16.1. The van der Waals surface area contributed by atoms with E-state index in [0.29, 0.717) is 22.3 Å². The summed E-state index contributed by atoms with van der Waals surface area (Å²) in [6.07, 6.45) is 0. The molecule has 0 aliphatic carbocycles. The largest absolute Gasteiger partial charge is 0.271 e. The number of halogens is 2. The van der Waals surface area contributed by atoms with Gasteiger partial charge in [0.05, 0.1) is 12.2 Å². The van der Waals surface area contributed by atoms with Gasteiger partial charge < -0.3 is 0 Å². The molecule has 0 N–H and O–H groups in total. The number of carbonyl (C=O) groups is 2. The van der Waals surface area contributed by atoms with Crippen molar-refractivity contribution in [3.8, 4) is 0 Å². The van der Waals surface area contributed by atoms with E-state index in [1.165, 1.54) is 5.01 Å². The molecule has 2 aromatic rings. The fraction of sp³-hybridized carbons (Fsp3) is 0.176. The highest BCUT2D eigenvalue weighted by atomic mass is 35.5. The molecule has 2 unspecified atom stereocenters. The zero-order valence-electron chi connectivity index (χ0n) is 12.8. The summed E-state index contributed by atoms with van der Waals surface area (Å²) >= 11 is 11.9. The zero-order valence-corrected chi connectivity index (χ0v) is 14.4. The van der Waals surface area contributed by atoms with Crippen LogP contribution in [-0.4, -0.2) is 28.9 Å². The molecule has 2 aliphatic heterocycles. The minimum Gasteiger partial charge on any atom is -0.271 e. The van der Waals surface area contributed by atoms with E-state index in [0.717, 1.165) is 10.5 Å². The van der Waals surface area contributed by atoms with Gasteiger partial charge in [0.1, 0.15) is 0 Å². The van der Waals surface area contributed by atoms with E-state index in [4.69, 9.17) is 23.2 Å². The number of fused-ring (bicyclic) bond motifs is 1. The van der Waals surface area contributed by atoms with Gasteiger partial charge >= 0.3 is 0 Å². The van der Waals surface area contributed by atoms with E-state index >= 15 is 0 Å². The normalized spacial score (nSPS) is 22.0. The smallest absolute Gasteiger partial charge is 0.263 e. The lowest BCUT2D eigenvalue weighted by atomic mass is 10.1. The predicted octanol–water partition coefficient (Wildman–Crippen LogP) is 3.49. The molecule has 0 spiro atoms. The third-order valence-electron chi connectivity index (χ3n) is 4.18. The van der Waals surface area contributed by atoms with Gasteiger partial charge in [-0.25, -0.2) is 4.90 Å². The number of hydrogen-bond acceptors (Lipinski definition) is 5. The van der Waals surface area contributed by atoms with Crippen LogP contribution in [0.2, 0.25) is 10.0 Å². The lowest BCUT2D eigenvalue weighted by Crippen LogP contribution is -2.39. The summed E-state index contributed by atoms with van der Waals surface area (Å²) in [6, 6.07) is 12.3. The van der Waals surface area contributed by atoms with Crippen LogP contribution in [0.4, 0.5) is 5.69 Å². The molecular weight excluding hydrogens is 363 g/mol. The third-order valence-corrected chi connectivity index (χ3v) is 4.66. The highest BCUT2D eigenvalue weighted by Crippen LogP contribution is 2.33. The summed E-state index contributed by atoms with van der Waals surface area (Å²) < 4.78 is 0. The van der Waals surface area contributed by atoms with Crippen LogP contribution in [0.1, 0.15) is 5.56 Å². The summed E-state index contributed by atoms with van der Waals surface area (Å²) in [7, 11) is 0. The van der Waals surface area contributed by atoms with Gasteiger partial charge in [-0.15, -0.1) is 0 Å². The Labute approximate surface area is 153 Å². The van der Waals surface area contributed by atoms with Crippen LogP contribution >= 0.6 is 23.2 Å².